The fraction of sp³-hybridized carbons (Fsp3) is 0.235. The lowest BCUT2D eigenvalue weighted by molar-refractivity contribution is 0.500. The molecule has 0 spiro atoms. The Hall–Kier alpha value is -2.54. The van der Waals surface area contributed by atoms with Crippen LogP contribution in [0.25, 0.3) is 11.4 Å². The van der Waals surface area contributed by atoms with Gasteiger partial charge in [-0.1, -0.05) is 6.92 Å². The summed E-state index contributed by atoms with van der Waals surface area (Å²) in [7, 11) is 0. The topological polar surface area (TPSA) is 59.1 Å². The van der Waals surface area contributed by atoms with E-state index in [0.717, 1.165) is 5.76 Å². The molecular formula is C17H15FN4OS. The first kappa shape index (κ1) is 15.0. The maximum atomic E-state index is 13.1. The first-order chi connectivity index (χ1) is 11.6. The average Bonchev–Trinajstić information content (AvgIpc) is 2.97. The second-order valence-corrected chi connectivity index (χ2v) is 6.36. The Balaban J connectivity index is 1.62. The number of aromatic amines is 1. The molecule has 0 unspecified atom stereocenters. The molecule has 7 heteroatoms. The van der Waals surface area contributed by atoms with E-state index in [1.807, 2.05) is 12.1 Å². The molecule has 1 aliphatic carbocycles. The molecule has 4 rings (SSSR count). The van der Waals surface area contributed by atoms with Crippen LogP contribution in [0.3, 0.4) is 0 Å². The monoisotopic (exact) mass is 342 g/mol. The average molecular weight is 342 g/mol. The van der Waals surface area contributed by atoms with E-state index in [9.17, 15) is 4.39 Å². The molecule has 1 aliphatic rings. The number of hydrogen-bond acceptors (Lipinski definition) is 4. The van der Waals surface area contributed by atoms with Crippen molar-refractivity contribution in [1.29, 1.82) is 0 Å². The number of furan rings is 1. The number of halogens is 1. The third-order valence-electron chi connectivity index (χ3n) is 4.18. The van der Waals surface area contributed by atoms with E-state index in [0.29, 0.717) is 33.8 Å². The van der Waals surface area contributed by atoms with Crippen LogP contribution >= 0.6 is 12.2 Å². The Labute approximate surface area is 142 Å². The number of rotatable bonds is 4. The predicted molar refractivity (Wildman–Crippen MR) is 91.0 cm³/mol. The molecule has 0 radical (unpaired) electrons. The lowest BCUT2D eigenvalue weighted by Gasteiger charge is -2.00. The van der Waals surface area contributed by atoms with Crippen molar-refractivity contribution in [3.8, 4) is 11.4 Å². The molecule has 2 aromatic heterocycles. The van der Waals surface area contributed by atoms with Crippen molar-refractivity contribution in [2.75, 3.05) is 0 Å². The summed E-state index contributed by atoms with van der Waals surface area (Å²) in [6.07, 6.45) is 2.78. The molecule has 1 aromatic carbocycles. The number of nitrogens with one attached hydrogen (secondary N) is 1. The van der Waals surface area contributed by atoms with Crippen LogP contribution in [0.15, 0.2) is 45.9 Å². The van der Waals surface area contributed by atoms with Gasteiger partial charge >= 0.3 is 0 Å². The van der Waals surface area contributed by atoms with Gasteiger partial charge in [-0.2, -0.15) is 14.9 Å². The highest BCUT2D eigenvalue weighted by molar-refractivity contribution is 7.71. The largest absolute Gasteiger partial charge is 0.460 e. The minimum absolute atomic E-state index is 0.305. The highest BCUT2D eigenvalue weighted by Gasteiger charge is 2.36. The van der Waals surface area contributed by atoms with Crippen molar-refractivity contribution < 1.29 is 8.81 Å². The van der Waals surface area contributed by atoms with Gasteiger partial charge in [0.2, 0.25) is 4.77 Å². The molecule has 2 heterocycles. The highest BCUT2D eigenvalue weighted by atomic mass is 32.1. The Morgan fingerprint density at radius 3 is 2.79 bits per heavy atom. The Bertz CT molecular complexity index is 954. The van der Waals surface area contributed by atoms with Crippen molar-refractivity contribution in [3.05, 3.63) is 58.5 Å². The smallest absolute Gasteiger partial charge is 0.216 e. The van der Waals surface area contributed by atoms with Crippen LogP contribution in [0.4, 0.5) is 4.39 Å². The summed E-state index contributed by atoms with van der Waals surface area (Å²) in [6, 6.07) is 9.89. The maximum absolute atomic E-state index is 13.1. The minimum atomic E-state index is -0.305. The molecule has 0 amide bonds. The molecule has 24 heavy (non-hydrogen) atoms. The summed E-state index contributed by atoms with van der Waals surface area (Å²) >= 11 is 5.21. The first-order valence-corrected chi connectivity index (χ1v) is 8.10. The summed E-state index contributed by atoms with van der Waals surface area (Å²) in [6.45, 7) is 2.21. The molecule has 2 atom stereocenters. The van der Waals surface area contributed by atoms with Gasteiger partial charge < -0.3 is 4.42 Å². The third kappa shape index (κ3) is 2.82. The Kier molecular flexibility index (Phi) is 3.65. The number of nitrogens with zero attached hydrogens (tertiary/aromatic N) is 3. The van der Waals surface area contributed by atoms with E-state index in [1.54, 1.807) is 18.3 Å². The molecule has 1 N–H and O–H groups in total. The predicted octanol–water partition coefficient (Wildman–Crippen LogP) is 4.35. The molecule has 0 saturated heterocycles. The van der Waals surface area contributed by atoms with Crippen LogP contribution in [0, 0.1) is 16.5 Å². The van der Waals surface area contributed by atoms with E-state index >= 15 is 0 Å². The van der Waals surface area contributed by atoms with Crippen LogP contribution in [0.1, 0.15) is 30.8 Å². The van der Waals surface area contributed by atoms with E-state index in [2.05, 4.69) is 22.2 Å². The zero-order valence-corrected chi connectivity index (χ0v) is 13.8. The molecule has 122 valence electrons. The summed E-state index contributed by atoms with van der Waals surface area (Å²) in [5, 5.41) is 11.2. The van der Waals surface area contributed by atoms with Crippen LogP contribution in [0.5, 0.6) is 0 Å². The SMILES string of the molecule is C[C@@H]1C[C@@H]1c1ccc(/C=N\n2c(-c3ccc(F)cc3)n[nH]c2=S)o1. The number of aromatic nitrogens is 3. The fourth-order valence-electron chi connectivity index (χ4n) is 2.65. The van der Waals surface area contributed by atoms with Gasteiger partial charge in [0.25, 0.3) is 0 Å². The van der Waals surface area contributed by atoms with E-state index < -0.39 is 0 Å². The summed E-state index contributed by atoms with van der Waals surface area (Å²) in [5.41, 5.74) is 0.716. The highest BCUT2D eigenvalue weighted by Crippen LogP contribution is 2.47. The van der Waals surface area contributed by atoms with E-state index in [1.165, 1.54) is 23.2 Å². The van der Waals surface area contributed by atoms with E-state index in [-0.39, 0.29) is 5.82 Å². The van der Waals surface area contributed by atoms with Crippen LogP contribution in [0.2, 0.25) is 0 Å². The molecule has 0 aliphatic heterocycles. The van der Waals surface area contributed by atoms with E-state index in [4.69, 9.17) is 16.6 Å². The normalized spacial score (nSPS) is 19.9. The van der Waals surface area contributed by atoms with Gasteiger partial charge in [0.15, 0.2) is 5.82 Å². The van der Waals surface area contributed by atoms with Gasteiger partial charge in [-0.25, -0.2) is 9.49 Å². The number of hydrogen-bond donors (Lipinski definition) is 1. The van der Waals surface area contributed by atoms with Gasteiger partial charge in [-0.3, -0.25) is 0 Å². The number of H-pyrrole nitrogens is 1. The maximum Gasteiger partial charge on any atom is 0.216 e. The molecule has 5 nitrogen and oxygen atoms in total. The Morgan fingerprint density at radius 2 is 2.08 bits per heavy atom. The van der Waals surface area contributed by atoms with Gasteiger partial charge in [0.05, 0.1) is 6.21 Å². The lowest BCUT2D eigenvalue weighted by atomic mass is 10.2. The summed E-state index contributed by atoms with van der Waals surface area (Å²) in [5.74, 6) is 3.08. The minimum Gasteiger partial charge on any atom is -0.460 e. The Morgan fingerprint density at radius 1 is 1.33 bits per heavy atom. The second-order valence-electron chi connectivity index (χ2n) is 5.98. The lowest BCUT2D eigenvalue weighted by Crippen LogP contribution is -1.94. The van der Waals surface area contributed by atoms with Crippen molar-refractivity contribution in [2.45, 2.75) is 19.3 Å². The van der Waals surface area contributed by atoms with Crippen LogP contribution < -0.4 is 0 Å². The van der Waals surface area contributed by atoms with Gasteiger partial charge in [0.1, 0.15) is 17.3 Å². The van der Waals surface area contributed by atoms with Crippen molar-refractivity contribution in [3.63, 3.8) is 0 Å². The third-order valence-corrected chi connectivity index (χ3v) is 4.44. The zero-order valence-electron chi connectivity index (χ0n) is 12.9. The molecule has 0 bridgehead atoms. The van der Waals surface area contributed by atoms with Crippen molar-refractivity contribution in [1.82, 2.24) is 14.9 Å². The van der Waals surface area contributed by atoms with Crippen LogP contribution in [-0.2, 0) is 0 Å². The van der Waals surface area contributed by atoms with Gasteiger partial charge in [-0.15, -0.1) is 0 Å². The molecule has 3 aromatic rings. The number of benzene rings is 1. The summed E-state index contributed by atoms with van der Waals surface area (Å²) < 4.78 is 20.7. The quantitative estimate of drug-likeness (QED) is 0.566. The molecular weight excluding hydrogens is 327 g/mol. The van der Waals surface area contributed by atoms with Crippen molar-refractivity contribution in [2.24, 2.45) is 11.0 Å². The standard InChI is InChI=1S/C17H15FN4OS/c1-10-8-14(10)15-7-6-13(23-15)9-19-22-16(20-21-17(22)24)11-2-4-12(18)5-3-11/h2-7,9-10,14H,8H2,1H3,(H,21,24)/b19-9-/t10-,14+/m1/s1. The molecule has 1 saturated carbocycles. The van der Waals surface area contributed by atoms with Crippen LogP contribution in [-0.4, -0.2) is 21.1 Å². The summed E-state index contributed by atoms with van der Waals surface area (Å²) in [4.78, 5) is 0. The zero-order chi connectivity index (χ0) is 16.7. The molecule has 1 fully saturated rings. The van der Waals surface area contributed by atoms with Gasteiger partial charge in [0, 0.05) is 11.5 Å². The second kappa shape index (κ2) is 5.83. The van der Waals surface area contributed by atoms with Crippen molar-refractivity contribution >= 4 is 18.4 Å². The first-order valence-electron chi connectivity index (χ1n) is 7.69. The van der Waals surface area contributed by atoms with Gasteiger partial charge in [-0.05, 0) is 61.0 Å². The fourth-order valence-corrected chi connectivity index (χ4v) is 2.83.